The monoisotopic (exact) mass is 272 g/mol. The lowest BCUT2D eigenvalue weighted by Gasteiger charge is -2.24. The quantitative estimate of drug-likeness (QED) is 0.832. The van der Waals surface area contributed by atoms with Crippen LogP contribution in [-0.2, 0) is 13.0 Å². The van der Waals surface area contributed by atoms with E-state index < -0.39 is 0 Å². The Hall–Kier alpha value is -2.23. The number of nitrogens with zero attached hydrogens (tertiary/aromatic N) is 2. The van der Waals surface area contributed by atoms with Crippen LogP contribution in [0.5, 0.6) is 0 Å². The maximum atomic E-state index is 13.2. The SMILES string of the molecule is Fc1ccc(CCN2C=Nc3ccc(F)cc3C2)cc1. The van der Waals surface area contributed by atoms with Crippen LogP contribution in [0.4, 0.5) is 14.5 Å². The third-order valence-electron chi connectivity index (χ3n) is 3.38. The Kier molecular flexibility index (Phi) is 3.46. The molecule has 1 aliphatic heterocycles. The summed E-state index contributed by atoms with van der Waals surface area (Å²) in [5.74, 6) is -0.461. The molecule has 0 unspecified atom stereocenters. The summed E-state index contributed by atoms with van der Waals surface area (Å²) >= 11 is 0. The molecule has 102 valence electrons. The van der Waals surface area contributed by atoms with Crippen LogP contribution in [0, 0.1) is 11.6 Å². The van der Waals surface area contributed by atoms with E-state index in [9.17, 15) is 8.78 Å². The second kappa shape index (κ2) is 5.41. The minimum Gasteiger partial charge on any atom is -0.358 e. The molecule has 1 heterocycles. The molecule has 0 radical (unpaired) electrons. The molecule has 1 aliphatic rings. The fourth-order valence-electron chi connectivity index (χ4n) is 2.27. The van der Waals surface area contributed by atoms with Gasteiger partial charge in [-0.2, -0.15) is 0 Å². The van der Waals surface area contributed by atoms with Gasteiger partial charge in [0.25, 0.3) is 0 Å². The molecule has 0 N–H and O–H groups in total. The molecule has 0 bridgehead atoms. The molecule has 0 amide bonds. The number of benzene rings is 2. The average molecular weight is 272 g/mol. The maximum Gasteiger partial charge on any atom is 0.123 e. The highest BCUT2D eigenvalue weighted by molar-refractivity contribution is 5.66. The Labute approximate surface area is 116 Å². The van der Waals surface area contributed by atoms with Crippen LogP contribution in [0.15, 0.2) is 47.5 Å². The first-order valence-corrected chi connectivity index (χ1v) is 6.52. The molecule has 0 aliphatic carbocycles. The standard InChI is InChI=1S/C16H14F2N2/c17-14-3-1-12(2-4-14)7-8-20-10-13-9-15(18)5-6-16(13)19-11-20/h1-6,9,11H,7-8,10H2. The zero-order valence-corrected chi connectivity index (χ0v) is 10.9. The molecule has 4 heteroatoms. The predicted molar refractivity (Wildman–Crippen MR) is 75.1 cm³/mol. The Morgan fingerprint density at radius 3 is 2.55 bits per heavy atom. The third-order valence-corrected chi connectivity index (χ3v) is 3.38. The van der Waals surface area contributed by atoms with Gasteiger partial charge in [-0.05, 0) is 42.3 Å². The van der Waals surface area contributed by atoms with Crippen LogP contribution < -0.4 is 0 Å². The molecule has 0 saturated carbocycles. The molecule has 2 nitrogen and oxygen atoms in total. The van der Waals surface area contributed by atoms with E-state index in [1.165, 1.54) is 24.3 Å². The second-order valence-corrected chi connectivity index (χ2v) is 4.86. The topological polar surface area (TPSA) is 15.6 Å². The first-order chi connectivity index (χ1) is 9.70. The minimum absolute atomic E-state index is 0.224. The molecule has 0 fully saturated rings. The van der Waals surface area contributed by atoms with Gasteiger partial charge in [0.2, 0.25) is 0 Å². The Balaban J connectivity index is 1.64. The normalized spacial score (nSPS) is 13.4. The van der Waals surface area contributed by atoms with Gasteiger partial charge in [-0.1, -0.05) is 12.1 Å². The van der Waals surface area contributed by atoms with Crippen molar-refractivity contribution in [3.63, 3.8) is 0 Å². The van der Waals surface area contributed by atoms with Crippen LogP contribution in [0.2, 0.25) is 0 Å². The van der Waals surface area contributed by atoms with Gasteiger partial charge in [-0.25, -0.2) is 13.8 Å². The Morgan fingerprint density at radius 2 is 1.75 bits per heavy atom. The molecule has 2 aromatic carbocycles. The lowest BCUT2D eigenvalue weighted by Crippen LogP contribution is -2.26. The lowest BCUT2D eigenvalue weighted by molar-refractivity contribution is 0.423. The van der Waals surface area contributed by atoms with E-state index in [4.69, 9.17) is 0 Å². The Morgan fingerprint density at radius 1 is 1.00 bits per heavy atom. The summed E-state index contributed by atoms with van der Waals surface area (Å²) in [6, 6.07) is 11.1. The fraction of sp³-hybridized carbons (Fsp3) is 0.188. The van der Waals surface area contributed by atoms with Gasteiger partial charge >= 0.3 is 0 Å². The van der Waals surface area contributed by atoms with Crippen molar-refractivity contribution in [2.45, 2.75) is 13.0 Å². The summed E-state index contributed by atoms with van der Waals surface area (Å²) in [6.45, 7) is 1.42. The first-order valence-electron chi connectivity index (χ1n) is 6.52. The summed E-state index contributed by atoms with van der Waals surface area (Å²) in [6.07, 6.45) is 2.58. The number of fused-ring (bicyclic) bond motifs is 1. The van der Waals surface area contributed by atoms with E-state index in [0.29, 0.717) is 6.54 Å². The van der Waals surface area contributed by atoms with Crippen molar-refractivity contribution in [2.75, 3.05) is 6.54 Å². The summed E-state index contributed by atoms with van der Waals surface area (Å²) < 4.78 is 26.0. The number of aliphatic imine (C=N–C) groups is 1. The number of hydrogen-bond donors (Lipinski definition) is 0. The Bertz CT molecular complexity index is 635. The van der Waals surface area contributed by atoms with Crippen LogP contribution >= 0.6 is 0 Å². The van der Waals surface area contributed by atoms with Gasteiger partial charge in [0.15, 0.2) is 0 Å². The van der Waals surface area contributed by atoms with Crippen LogP contribution in [0.3, 0.4) is 0 Å². The van der Waals surface area contributed by atoms with Crippen molar-refractivity contribution in [1.82, 2.24) is 4.90 Å². The first kappa shape index (κ1) is 12.8. The van der Waals surface area contributed by atoms with Crippen molar-refractivity contribution in [3.05, 3.63) is 65.2 Å². The van der Waals surface area contributed by atoms with Gasteiger partial charge in [-0.3, -0.25) is 0 Å². The molecule has 0 atom stereocenters. The van der Waals surface area contributed by atoms with Gasteiger partial charge < -0.3 is 4.90 Å². The predicted octanol–water partition coefficient (Wildman–Crippen LogP) is 3.68. The largest absolute Gasteiger partial charge is 0.358 e. The highest BCUT2D eigenvalue weighted by atomic mass is 19.1. The van der Waals surface area contributed by atoms with E-state index in [1.807, 2.05) is 4.90 Å². The summed E-state index contributed by atoms with van der Waals surface area (Å²) in [5.41, 5.74) is 2.79. The zero-order chi connectivity index (χ0) is 13.9. The summed E-state index contributed by atoms with van der Waals surface area (Å²) in [5, 5.41) is 0. The second-order valence-electron chi connectivity index (χ2n) is 4.86. The molecule has 20 heavy (non-hydrogen) atoms. The minimum atomic E-state index is -0.237. The maximum absolute atomic E-state index is 13.2. The highest BCUT2D eigenvalue weighted by Gasteiger charge is 2.12. The molecule has 0 aromatic heterocycles. The van der Waals surface area contributed by atoms with E-state index in [2.05, 4.69) is 4.99 Å². The van der Waals surface area contributed by atoms with E-state index in [0.717, 1.165) is 29.8 Å². The summed E-state index contributed by atoms with van der Waals surface area (Å²) in [7, 11) is 0. The molecule has 3 rings (SSSR count). The number of halogens is 2. The van der Waals surface area contributed by atoms with Crippen molar-refractivity contribution in [1.29, 1.82) is 0 Å². The van der Waals surface area contributed by atoms with Gasteiger partial charge in [0.1, 0.15) is 11.6 Å². The fourth-order valence-corrected chi connectivity index (χ4v) is 2.27. The number of rotatable bonds is 3. The molecule has 0 spiro atoms. The van der Waals surface area contributed by atoms with E-state index in [1.54, 1.807) is 24.5 Å². The lowest BCUT2D eigenvalue weighted by atomic mass is 10.1. The van der Waals surface area contributed by atoms with Crippen LogP contribution in [0.25, 0.3) is 0 Å². The zero-order valence-electron chi connectivity index (χ0n) is 10.9. The smallest absolute Gasteiger partial charge is 0.123 e. The van der Waals surface area contributed by atoms with Gasteiger partial charge in [0, 0.05) is 18.7 Å². The van der Waals surface area contributed by atoms with E-state index in [-0.39, 0.29) is 11.6 Å². The molecular weight excluding hydrogens is 258 g/mol. The van der Waals surface area contributed by atoms with Gasteiger partial charge in [-0.15, -0.1) is 0 Å². The number of hydrogen-bond acceptors (Lipinski definition) is 2. The highest BCUT2D eigenvalue weighted by Crippen LogP contribution is 2.24. The molecule has 2 aromatic rings. The van der Waals surface area contributed by atoms with E-state index >= 15 is 0 Å². The average Bonchev–Trinajstić information content (AvgIpc) is 2.46. The van der Waals surface area contributed by atoms with Crippen molar-refractivity contribution in [3.8, 4) is 0 Å². The summed E-state index contributed by atoms with van der Waals surface area (Å²) in [4.78, 5) is 6.35. The molecule has 0 saturated heterocycles. The molecular formula is C16H14F2N2. The van der Waals surface area contributed by atoms with Crippen LogP contribution in [0.1, 0.15) is 11.1 Å². The van der Waals surface area contributed by atoms with Crippen molar-refractivity contribution < 1.29 is 8.78 Å². The van der Waals surface area contributed by atoms with Gasteiger partial charge in [0.05, 0.1) is 12.0 Å². The van der Waals surface area contributed by atoms with Crippen molar-refractivity contribution >= 4 is 12.0 Å². The third kappa shape index (κ3) is 2.85. The van der Waals surface area contributed by atoms with Crippen molar-refractivity contribution in [2.24, 2.45) is 4.99 Å². The van der Waals surface area contributed by atoms with Crippen LogP contribution in [-0.4, -0.2) is 17.8 Å².